The van der Waals surface area contributed by atoms with Gasteiger partial charge in [0.25, 0.3) is 11.8 Å². The quantitative estimate of drug-likeness (QED) is 0.106. The van der Waals surface area contributed by atoms with Crippen molar-refractivity contribution in [2.45, 2.75) is 58.4 Å². The molecule has 3 aromatic rings. The topological polar surface area (TPSA) is 204 Å². The van der Waals surface area contributed by atoms with Gasteiger partial charge in [-0.05, 0) is 35.2 Å². The average Bonchev–Trinajstić information content (AvgIpc) is 3.71. The largest absolute Gasteiger partial charge is 0.490 e. The number of amides is 5. The Labute approximate surface area is 330 Å². The number of imide groups is 1. The van der Waals surface area contributed by atoms with Crippen molar-refractivity contribution in [1.82, 2.24) is 25.0 Å². The number of nitrogens with one attached hydrogen (secondary N) is 2. The Bertz CT molecular complexity index is 1960. The van der Waals surface area contributed by atoms with E-state index in [0.29, 0.717) is 17.8 Å². The first-order chi connectivity index (χ1) is 27.2. The minimum Gasteiger partial charge on any atom is -0.475 e. The lowest BCUT2D eigenvalue weighted by Crippen LogP contribution is -2.53. The van der Waals surface area contributed by atoms with Crippen LogP contribution in [0.15, 0.2) is 72.9 Å². The van der Waals surface area contributed by atoms with Gasteiger partial charge in [0.2, 0.25) is 17.7 Å². The van der Waals surface area contributed by atoms with E-state index in [1.165, 1.54) is 4.90 Å². The number of nitrogens with zero attached hydrogens (tertiary/aromatic N) is 3. The van der Waals surface area contributed by atoms with Crippen LogP contribution < -0.4 is 16.4 Å². The fraction of sp³-hybridized carbons (Fsp3) is 0.385. The van der Waals surface area contributed by atoms with Crippen LogP contribution >= 0.6 is 0 Å². The number of carbonyl (C=O) groups excluding carboxylic acids is 5. The summed E-state index contributed by atoms with van der Waals surface area (Å²) in [4.78, 5) is 73.5. The summed E-state index contributed by atoms with van der Waals surface area (Å²) in [6.07, 6.45) is -1.47. The summed E-state index contributed by atoms with van der Waals surface area (Å²) in [5.41, 5.74) is 7.31. The monoisotopic (exact) mass is 820 g/mol. The average molecular weight is 821 g/mol. The number of aliphatic hydroxyl groups is 1. The van der Waals surface area contributed by atoms with E-state index in [-0.39, 0.29) is 44.6 Å². The zero-order valence-corrected chi connectivity index (χ0v) is 31.9. The van der Waals surface area contributed by atoms with E-state index in [4.69, 9.17) is 15.6 Å². The van der Waals surface area contributed by atoms with Crippen molar-refractivity contribution in [2.24, 2.45) is 11.1 Å². The number of nitrogens with two attached hydrogens (primary N) is 1. The zero-order chi connectivity index (χ0) is 43.4. The molecule has 2 atom stereocenters. The van der Waals surface area contributed by atoms with E-state index in [1.807, 2.05) is 55.7 Å². The number of halogens is 5. The van der Waals surface area contributed by atoms with Gasteiger partial charge in [-0.25, -0.2) is 13.6 Å². The highest BCUT2D eigenvalue weighted by Gasteiger charge is 2.39. The molecule has 14 nitrogen and oxygen atoms in total. The van der Waals surface area contributed by atoms with Crippen molar-refractivity contribution >= 4 is 35.5 Å². The highest BCUT2D eigenvalue weighted by molar-refractivity contribution is 6.12. The number of rotatable bonds is 16. The van der Waals surface area contributed by atoms with Crippen LogP contribution in [0.3, 0.4) is 0 Å². The zero-order valence-electron chi connectivity index (χ0n) is 31.9. The maximum atomic E-state index is 15.0. The molecule has 6 N–H and O–H groups in total. The molecule has 0 saturated heterocycles. The van der Waals surface area contributed by atoms with E-state index in [9.17, 15) is 46.6 Å². The van der Waals surface area contributed by atoms with Crippen molar-refractivity contribution in [1.29, 1.82) is 0 Å². The molecule has 0 saturated carbocycles. The van der Waals surface area contributed by atoms with Gasteiger partial charge in [-0.2, -0.15) is 13.2 Å². The Morgan fingerprint density at radius 2 is 1.52 bits per heavy atom. The summed E-state index contributed by atoms with van der Waals surface area (Å²) in [5, 5.41) is 22.6. The van der Waals surface area contributed by atoms with Gasteiger partial charge < -0.3 is 36.0 Å². The van der Waals surface area contributed by atoms with Crippen LogP contribution in [0.1, 0.15) is 50.9 Å². The van der Waals surface area contributed by atoms with Crippen molar-refractivity contribution in [3.8, 4) is 11.1 Å². The van der Waals surface area contributed by atoms with Crippen LogP contribution in [0.5, 0.6) is 0 Å². The number of aliphatic hydroxyl groups excluding tert-OH is 1. The summed E-state index contributed by atoms with van der Waals surface area (Å²) in [5.74, 6) is -6.52. The summed E-state index contributed by atoms with van der Waals surface area (Å²) in [6, 6.07) is 12.8. The van der Waals surface area contributed by atoms with E-state index >= 15 is 4.39 Å². The van der Waals surface area contributed by atoms with E-state index in [1.54, 1.807) is 12.3 Å². The Morgan fingerprint density at radius 3 is 2.07 bits per heavy atom. The Morgan fingerprint density at radius 1 is 0.914 bits per heavy atom. The van der Waals surface area contributed by atoms with Crippen molar-refractivity contribution in [2.75, 3.05) is 32.8 Å². The van der Waals surface area contributed by atoms with Crippen molar-refractivity contribution in [3.05, 3.63) is 95.8 Å². The molecule has 5 amide bonds. The SMILES string of the molecule is CC(C)(C)[C@H](c1cc(-c2cc(F)ccc2F)cn1Cc1ccccc1)N(CC(CN)NC(=O)CCC(=O)NCCN1C(=O)C=CC1=O)C(=O)CO.O=C(O)C(F)(F)F. The second-order valence-electron chi connectivity index (χ2n) is 14.2. The summed E-state index contributed by atoms with van der Waals surface area (Å²) in [6.45, 7) is 5.03. The Hall–Kier alpha value is -5.95. The number of hydrogen-bond acceptors (Lipinski definition) is 8. The van der Waals surface area contributed by atoms with Gasteiger partial charge in [0.1, 0.15) is 18.2 Å². The fourth-order valence-electron chi connectivity index (χ4n) is 6.04. The smallest absolute Gasteiger partial charge is 0.475 e. The third-order valence-electron chi connectivity index (χ3n) is 8.68. The van der Waals surface area contributed by atoms with Crippen molar-refractivity contribution < 1.29 is 60.9 Å². The number of benzene rings is 2. The number of carboxylic acid groups (broad SMARTS) is 1. The molecule has 19 heteroatoms. The number of hydrogen-bond donors (Lipinski definition) is 5. The molecular formula is C39H45F5N6O8. The highest BCUT2D eigenvalue weighted by atomic mass is 19.4. The predicted molar refractivity (Wildman–Crippen MR) is 199 cm³/mol. The maximum absolute atomic E-state index is 15.0. The molecule has 0 spiro atoms. The van der Waals surface area contributed by atoms with Gasteiger partial charge in [0.15, 0.2) is 0 Å². The summed E-state index contributed by atoms with van der Waals surface area (Å²) in [7, 11) is 0. The fourth-order valence-corrected chi connectivity index (χ4v) is 6.04. The lowest BCUT2D eigenvalue weighted by atomic mass is 9.82. The van der Waals surface area contributed by atoms with Gasteiger partial charge in [-0.15, -0.1) is 0 Å². The minimum atomic E-state index is -5.08. The molecule has 314 valence electrons. The molecular weight excluding hydrogens is 775 g/mol. The summed E-state index contributed by atoms with van der Waals surface area (Å²) < 4.78 is 62.9. The number of carboxylic acids is 1. The van der Waals surface area contributed by atoms with Crippen LogP contribution in [0.4, 0.5) is 22.0 Å². The van der Waals surface area contributed by atoms with Gasteiger partial charge in [0.05, 0.1) is 12.1 Å². The minimum absolute atomic E-state index is 0.00504. The Balaban J connectivity index is 0.00000117. The standard InChI is InChI=1S/C37H44F2N6O6.C2HF3O2/c1-37(2,3)36(30-17-25(28-18-26(38)9-10-29(28)39)21-43(30)20-24-7-5-4-6-8-24)45(35(51)23-46)22-27(19-40)42-32(48)12-11-31(47)41-15-16-44-33(49)13-14-34(44)50;3-2(4,5)1(6)7/h4-10,13-14,17-18,21,27,36,46H,11-12,15-16,19-20,22-23,40H2,1-3H3,(H,41,47)(H,42,48);(H,6,7)/t27?,36-;/m0./s1. The molecule has 0 bridgehead atoms. The molecule has 1 aliphatic heterocycles. The molecule has 1 aliphatic rings. The second kappa shape index (κ2) is 20.5. The number of aliphatic carboxylic acids is 1. The predicted octanol–water partition coefficient (Wildman–Crippen LogP) is 3.29. The Kier molecular flexibility index (Phi) is 16.4. The maximum Gasteiger partial charge on any atom is 0.490 e. The molecule has 0 radical (unpaired) electrons. The lowest BCUT2D eigenvalue weighted by Gasteiger charge is -2.42. The second-order valence-corrected chi connectivity index (χ2v) is 14.2. The molecule has 0 aliphatic carbocycles. The normalized spacial score (nSPS) is 13.7. The molecule has 2 heterocycles. The summed E-state index contributed by atoms with van der Waals surface area (Å²) >= 11 is 0. The van der Waals surface area contributed by atoms with Gasteiger partial charge in [-0.1, -0.05) is 51.1 Å². The van der Waals surface area contributed by atoms with Crippen molar-refractivity contribution in [3.63, 3.8) is 0 Å². The first-order valence-corrected chi connectivity index (χ1v) is 17.9. The molecule has 1 aromatic heterocycles. The molecule has 0 fully saturated rings. The third-order valence-corrected chi connectivity index (χ3v) is 8.68. The van der Waals surface area contributed by atoms with Crippen LogP contribution in [-0.2, 0) is 35.3 Å². The lowest BCUT2D eigenvalue weighted by molar-refractivity contribution is -0.192. The van der Waals surface area contributed by atoms with Gasteiger partial charge >= 0.3 is 12.1 Å². The van der Waals surface area contributed by atoms with Crippen LogP contribution in [0, 0.1) is 17.0 Å². The van der Waals surface area contributed by atoms with Crippen LogP contribution in [0.25, 0.3) is 11.1 Å². The number of carbonyl (C=O) groups is 6. The van der Waals surface area contributed by atoms with Gasteiger partial charge in [-0.3, -0.25) is 28.9 Å². The van der Waals surface area contributed by atoms with E-state index in [2.05, 4.69) is 10.6 Å². The van der Waals surface area contributed by atoms with Gasteiger partial charge in [0, 0.05) is 80.7 Å². The van der Waals surface area contributed by atoms with Crippen LogP contribution in [-0.4, -0.2) is 105 Å². The third kappa shape index (κ3) is 13.3. The number of aromatic nitrogens is 1. The van der Waals surface area contributed by atoms with E-state index in [0.717, 1.165) is 40.8 Å². The molecule has 2 aromatic carbocycles. The number of alkyl halides is 3. The molecule has 58 heavy (non-hydrogen) atoms. The van der Waals surface area contributed by atoms with E-state index < -0.39 is 77.4 Å². The molecule has 1 unspecified atom stereocenters. The first-order valence-electron chi connectivity index (χ1n) is 17.9. The van der Waals surface area contributed by atoms with Crippen LogP contribution in [0.2, 0.25) is 0 Å². The highest BCUT2D eigenvalue weighted by Crippen LogP contribution is 2.41. The molecule has 4 rings (SSSR count). The first kappa shape index (κ1) is 46.4.